The molecule has 0 spiro atoms. The third-order valence-electron chi connectivity index (χ3n) is 3.93. The van der Waals surface area contributed by atoms with Gasteiger partial charge in [0.2, 0.25) is 0 Å². The highest BCUT2D eigenvalue weighted by atomic mass is 16.5. The summed E-state index contributed by atoms with van der Waals surface area (Å²) in [5.41, 5.74) is 3.53. The number of benzene rings is 1. The fraction of sp³-hybridized carbons (Fsp3) is 0.375. The topological polar surface area (TPSA) is 44.1 Å². The molecule has 3 rings (SSSR count). The van der Waals surface area contributed by atoms with Crippen molar-refractivity contribution in [3.63, 3.8) is 0 Å². The van der Waals surface area contributed by atoms with Crippen LogP contribution in [0.2, 0.25) is 0 Å². The molecule has 4 nitrogen and oxygen atoms in total. The van der Waals surface area contributed by atoms with Crippen molar-refractivity contribution in [2.75, 3.05) is 7.11 Å². The van der Waals surface area contributed by atoms with E-state index in [2.05, 4.69) is 12.0 Å². The second kappa shape index (κ2) is 4.47. The first-order valence-electron chi connectivity index (χ1n) is 6.79. The predicted molar refractivity (Wildman–Crippen MR) is 76.0 cm³/mol. The molecule has 0 aliphatic heterocycles. The van der Waals surface area contributed by atoms with E-state index in [4.69, 9.17) is 4.74 Å². The van der Waals surface area contributed by atoms with Crippen LogP contribution in [0.1, 0.15) is 29.8 Å². The van der Waals surface area contributed by atoms with Crippen molar-refractivity contribution in [1.82, 2.24) is 9.78 Å². The minimum Gasteiger partial charge on any atom is -0.468 e. The summed E-state index contributed by atoms with van der Waals surface area (Å²) in [6, 6.07) is 10.1. The normalized spacial score (nSPS) is 15.9. The first kappa shape index (κ1) is 12.9. The van der Waals surface area contributed by atoms with Gasteiger partial charge in [0, 0.05) is 0 Å². The monoisotopic (exact) mass is 270 g/mol. The molecule has 0 N–H and O–H groups in total. The lowest BCUT2D eigenvalue weighted by atomic mass is 10.0. The molecular formula is C16H18N2O2. The average molecular weight is 270 g/mol. The van der Waals surface area contributed by atoms with Crippen LogP contribution < -0.4 is 0 Å². The van der Waals surface area contributed by atoms with Crippen LogP contribution >= 0.6 is 0 Å². The summed E-state index contributed by atoms with van der Waals surface area (Å²) < 4.78 is 6.84. The SMILES string of the molecule is COC(=O)C1(c2cc(C)nn2-c2ccc(C)cc2)CC1. The predicted octanol–water partition coefficient (Wildman–Crippen LogP) is 2.69. The van der Waals surface area contributed by atoms with Gasteiger partial charge in [0.05, 0.1) is 24.2 Å². The van der Waals surface area contributed by atoms with Crippen molar-refractivity contribution in [2.45, 2.75) is 32.1 Å². The Labute approximate surface area is 118 Å². The number of nitrogens with zero attached hydrogens (tertiary/aromatic N) is 2. The van der Waals surface area contributed by atoms with Crippen LogP contribution in [0.3, 0.4) is 0 Å². The molecule has 0 unspecified atom stereocenters. The van der Waals surface area contributed by atoms with Crippen molar-refractivity contribution in [3.05, 3.63) is 47.3 Å². The molecule has 1 saturated carbocycles. The highest BCUT2D eigenvalue weighted by molar-refractivity contribution is 5.86. The van der Waals surface area contributed by atoms with Crippen LogP contribution in [0.5, 0.6) is 0 Å². The third-order valence-corrected chi connectivity index (χ3v) is 3.93. The largest absolute Gasteiger partial charge is 0.468 e. The maximum Gasteiger partial charge on any atom is 0.317 e. The lowest BCUT2D eigenvalue weighted by molar-refractivity contribution is -0.143. The summed E-state index contributed by atoms with van der Waals surface area (Å²) in [6.45, 7) is 4.00. The van der Waals surface area contributed by atoms with E-state index in [0.29, 0.717) is 0 Å². The molecular weight excluding hydrogens is 252 g/mol. The second-order valence-electron chi connectivity index (χ2n) is 5.49. The number of aryl methyl sites for hydroxylation is 2. The highest BCUT2D eigenvalue weighted by Crippen LogP contribution is 2.49. The molecule has 1 heterocycles. The summed E-state index contributed by atoms with van der Waals surface area (Å²) in [5, 5.41) is 4.54. The van der Waals surface area contributed by atoms with Crippen LogP contribution in [0.15, 0.2) is 30.3 Å². The molecule has 4 heteroatoms. The van der Waals surface area contributed by atoms with Gasteiger partial charge in [0.15, 0.2) is 0 Å². The Morgan fingerprint density at radius 1 is 1.25 bits per heavy atom. The third kappa shape index (κ3) is 1.92. The maximum atomic E-state index is 12.1. The summed E-state index contributed by atoms with van der Waals surface area (Å²) in [6.07, 6.45) is 1.66. The number of carbonyl (C=O) groups excluding carboxylic acids is 1. The zero-order chi connectivity index (χ0) is 14.3. The van der Waals surface area contributed by atoms with Crippen LogP contribution in [-0.2, 0) is 14.9 Å². The summed E-state index contributed by atoms with van der Waals surface area (Å²) >= 11 is 0. The van der Waals surface area contributed by atoms with Gasteiger partial charge < -0.3 is 4.74 Å². The Bertz CT molecular complexity index is 652. The van der Waals surface area contributed by atoms with E-state index in [1.54, 1.807) is 0 Å². The van der Waals surface area contributed by atoms with Crippen LogP contribution in [0, 0.1) is 13.8 Å². The minimum atomic E-state index is -0.499. The first-order valence-corrected chi connectivity index (χ1v) is 6.79. The van der Waals surface area contributed by atoms with Crippen molar-refractivity contribution in [2.24, 2.45) is 0 Å². The number of esters is 1. The average Bonchev–Trinajstić information content (AvgIpc) is 3.16. The van der Waals surface area contributed by atoms with Gasteiger partial charge in [0.1, 0.15) is 5.41 Å². The standard InChI is InChI=1S/C16H18N2O2/c1-11-4-6-13(7-5-11)18-14(10-12(2)17-18)16(8-9-16)15(19)20-3/h4-7,10H,8-9H2,1-3H3. The lowest BCUT2D eigenvalue weighted by Gasteiger charge is -2.15. The van der Waals surface area contributed by atoms with E-state index >= 15 is 0 Å². The fourth-order valence-corrected chi connectivity index (χ4v) is 2.61. The molecule has 20 heavy (non-hydrogen) atoms. The van der Waals surface area contributed by atoms with Crippen LogP contribution in [0.4, 0.5) is 0 Å². The number of rotatable bonds is 3. The maximum absolute atomic E-state index is 12.1. The number of aromatic nitrogens is 2. The molecule has 2 aromatic rings. The highest BCUT2D eigenvalue weighted by Gasteiger charge is 2.55. The molecule has 104 valence electrons. The van der Waals surface area contributed by atoms with Crippen LogP contribution in [-0.4, -0.2) is 22.9 Å². The van der Waals surface area contributed by atoms with Gasteiger partial charge in [-0.05, 0) is 44.9 Å². The fourth-order valence-electron chi connectivity index (χ4n) is 2.61. The van der Waals surface area contributed by atoms with Gasteiger partial charge in [0.25, 0.3) is 0 Å². The quantitative estimate of drug-likeness (QED) is 0.805. The molecule has 1 fully saturated rings. The van der Waals surface area contributed by atoms with Crippen molar-refractivity contribution in [1.29, 1.82) is 0 Å². The van der Waals surface area contributed by atoms with Crippen molar-refractivity contribution >= 4 is 5.97 Å². The lowest BCUT2D eigenvalue weighted by Crippen LogP contribution is -2.25. The Kier molecular flexibility index (Phi) is 2.89. The van der Waals surface area contributed by atoms with Crippen molar-refractivity contribution < 1.29 is 9.53 Å². The van der Waals surface area contributed by atoms with Gasteiger partial charge in [-0.1, -0.05) is 17.7 Å². The zero-order valence-electron chi connectivity index (χ0n) is 12.0. The number of hydrogen-bond acceptors (Lipinski definition) is 3. The van der Waals surface area contributed by atoms with E-state index in [9.17, 15) is 4.79 Å². The zero-order valence-corrected chi connectivity index (χ0v) is 12.0. The van der Waals surface area contributed by atoms with E-state index in [1.807, 2.05) is 41.9 Å². The van der Waals surface area contributed by atoms with Gasteiger partial charge in [-0.2, -0.15) is 5.10 Å². The van der Waals surface area contributed by atoms with Gasteiger partial charge in [-0.15, -0.1) is 0 Å². The van der Waals surface area contributed by atoms with E-state index in [1.165, 1.54) is 12.7 Å². The molecule has 1 aromatic heterocycles. The molecule has 0 bridgehead atoms. The number of ether oxygens (including phenoxy) is 1. The van der Waals surface area contributed by atoms with Crippen LogP contribution in [0.25, 0.3) is 5.69 Å². The Morgan fingerprint density at radius 2 is 1.90 bits per heavy atom. The summed E-state index contributed by atoms with van der Waals surface area (Å²) in [7, 11) is 1.45. The number of hydrogen-bond donors (Lipinski definition) is 0. The Balaban J connectivity index is 2.10. The molecule has 1 aliphatic rings. The number of carbonyl (C=O) groups is 1. The number of methoxy groups -OCH3 is 1. The molecule has 0 radical (unpaired) electrons. The molecule has 1 aromatic carbocycles. The Morgan fingerprint density at radius 3 is 2.45 bits per heavy atom. The van der Waals surface area contributed by atoms with Gasteiger partial charge >= 0.3 is 5.97 Å². The molecule has 0 amide bonds. The second-order valence-corrected chi connectivity index (χ2v) is 5.49. The van der Waals surface area contributed by atoms with Gasteiger partial charge in [-0.3, -0.25) is 4.79 Å². The Hall–Kier alpha value is -2.10. The molecule has 1 aliphatic carbocycles. The van der Waals surface area contributed by atoms with Gasteiger partial charge in [-0.25, -0.2) is 4.68 Å². The van der Waals surface area contributed by atoms with E-state index < -0.39 is 5.41 Å². The summed E-state index contributed by atoms with van der Waals surface area (Å²) in [4.78, 5) is 12.1. The molecule has 0 saturated heterocycles. The van der Waals surface area contributed by atoms with E-state index in [0.717, 1.165) is 29.9 Å². The first-order chi connectivity index (χ1) is 9.56. The van der Waals surface area contributed by atoms with Crippen molar-refractivity contribution in [3.8, 4) is 5.69 Å². The molecule has 0 atom stereocenters. The smallest absolute Gasteiger partial charge is 0.317 e. The minimum absolute atomic E-state index is 0.161. The van der Waals surface area contributed by atoms with E-state index in [-0.39, 0.29) is 5.97 Å². The summed E-state index contributed by atoms with van der Waals surface area (Å²) in [5.74, 6) is -0.161.